The molecular weight excluding hydrogens is 324 g/mol. The van der Waals surface area contributed by atoms with E-state index in [0.29, 0.717) is 19.1 Å². The van der Waals surface area contributed by atoms with Gasteiger partial charge in [-0.3, -0.25) is 4.79 Å². The van der Waals surface area contributed by atoms with Crippen LogP contribution in [0, 0.1) is 13.8 Å². The van der Waals surface area contributed by atoms with Gasteiger partial charge in [0.05, 0.1) is 13.0 Å². The summed E-state index contributed by atoms with van der Waals surface area (Å²) in [5.41, 5.74) is 2.30. The number of aryl methyl sites for hydroxylation is 2. The largest absolute Gasteiger partial charge is 0.493 e. The Morgan fingerprint density at radius 2 is 2.00 bits per heavy atom. The van der Waals surface area contributed by atoms with Gasteiger partial charge in [-0.1, -0.05) is 19.1 Å². The highest BCUT2D eigenvalue weighted by Gasteiger charge is 2.24. The van der Waals surface area contributed by atoms with Crippen molar-refractivity contribution in [3.05, 3.63) is 29.3 Å². The summed E-state index contributed by atoms with van der Waals surface area (Å²) >= 11 is 0. The average molecular weight is 355 g/mol. The summed E-state index contributed by atoms with van der Waals surface area (Å²) in [6.45, 7) is 9.55. The highest BCUT2D eigenvalue weighted by Crippen LogP contribution is 2.20. The Balaban J connectivity index is 0.00000288. The number of piperidine rings is 1. The molecule has 0 atom stereocenters. The number of carbonyl (C=O) groups is 1. The van der Waals surface area contributed by atoms with E-state index in [-0.39, 0.29) is 18.3 Å². The van der Waals surface area contributed by atoms with Crippen LogP contribution < -0.4 is 10.1 Å². The van der Waals surface area contributed by atoms with Gasteiger partial charge in [-0.05, 0) is 63.4 Å². The molecule has 1 heterocycles. The third-order valence-corrected chi connectivity index (χ3v) is 4.45. The van der Waals surface area contributed by atoms with Crippen molar-refractivity contribution in [2.75, 3.05) is 26.2 Å². The van der Waals surface area contributed by atoms with E-state index in [1.807, 2.05) is 13.0 Å². The lowest BCUT2D eigenvalue weighted by molar-refractivity contribution is -0.134. The predicted molar refractivity (Wildman–Crippen MR) is 101 cm³/mol. The molecule has 1 aliphatic heterocycles. The minimum Gasteiger partial charge on any atom is -0.493 e. The SMILES string of the molecule is CCCN(C(=O)CCOc1cc(C)ccc1C)C1CCNCC1.Cl. The van der Waals surface area contributed by atoms with Gasteiger partial charge < -0.3 is 15.0 Å². The lowest BCUT2D eigenvalue weighted by Gasteiger charge is -2.34. The molecule has 1 N–H and O–H groups in total. The van der Waals surface area contributed by atoms with Gasteiger partial charge in [0.2, 0.25) is 5.91 Å². The van der Waals surface area contributed by atoms with Crippen molar-refractivity contribution in [2.24, 2.45) is 0 Å². The van der Waals surface area contributed by atoms with Gasteiger partial charge in [-0.15, -0.1) is 12.4 Å². The molecule has 4 nitrogen and oxygen atoms in total. The zero-order valence-corrected chi connectivity index (χ0v) is 16.0. The van der Waals surface area contributed by atoms with Crippen molar-refractivity contribution in [3.8, 4) is 5.75 Å². The molecule has 0 saturated carbocycles. The number of carbonyl (C=O) groups excluding carboxylic acids is 1. The van der Waals surface area contributed by atoms with E-state index >= 15 is 0 Å². The Labute approximate surface area is 152 Å². The first kappa shape index (κ1) is 20.8. The maximum absolute atomic E-state index is 12.6. The van der Waals surface area contributed by atoms with Gasteiger partial charge >= 0.3 is 0 Å². The maximum atomic E-state index is 12.6. The van der Waals surface area contributed by atoms with Crippen molar-refractivity contribution >= 4 is 18.3 Å². The molecule has 1 saturated heterocycles. The molecule has 5 heteroatoms. The second-order valence-corrected chi connectivity index (χ2v) is 6.44. The van der Waals surface area contributed by atoms with E-state index in [2.05, 4.69) is 36.2 Å². The first-order valence-corrected chi connectivity index (χ1v) is 8.82. The Kier molecular flexibility index (Phi) is 9.16. The van der Waals surface area contributed by atoms with Crippen molar-refractivity contribution in [1.82, 2.24) is 10.2 Å². The molecule has 24 heavy (non-hydrogen) atoms. The zero-order chi connectivity index (χ0) is 16.7. The van der Waals surface area contributed by atoms with Crippen LogP contribution in [0.3, 0.4) is 0 Å². The van der Waals surface area contributed by atoms with Gasteiger partial charge in [0.15, 0.2) is 0 Å². The minimum absolute atomic E-state index is 0. The molecule has 1 aliphatic rings. The summed E-state index contributed by atoms with van der Waals surface area (Å²) in [5, 5.41) is 3.36. The molecule has 2 rings (SSSR count). The second kappa shape index (κ2) is 10.6. The lowest BCUT2D eigenvalue weighted by atomic mass is 10.0. The van der Waals surface area contributed by atoms with E-state index in [1.165, 1.54) is 5.56 Å². The summed E-state index contributed by atoms with van der Waals surface area (Å²) in [6.07, 6.45) is 3.58. The summed E-state index contributed by atoms with van der Waals surface area (Å²) < 4.78 is 5.84. The molecule has 0 unspecified atom stereocenters. The van der Waals surface area contributed by atoms with Crippen LogP contribution >= 0.6 is 12.4 Å². The van der Waals surface area contributed by atoms with Gasteiger partial charge in [0.25, 0.3) is 0 Å². The van der Waals surface area contributed by atoms with Crippen LogP contribution in [-0.2, 0) is 4.79 Å². The van der Waals surface area contributed by atoms with Gasteiger partial charge in [0.1, 0.15) is 5.75 Å². The van der Waals surface area contributed by atoms with Crippen molar-refractivity contribution in [3.63, 3.8) is 0 Å². The number of nitrogens with one attached hydrogen (secondary N) is 1. The molecule has 0 spiro atoms. The van der Waals surface area contributed by atoms with Crippen LogP contribution in [-0.4, -0.2) is 43.1 Å². The number of hydrogen-bond acceptors (Lipinski definition) is 3. The van der Waals surface area contributed by atoms with Crippen LogP contribution in [0.25, 0.3) is 0 Å². The third kappa shape index (κ3) is 5.99. The Morgan fingerprint density at radius 3 is 2.67 bits per heavy atom. The van der Waals surface area contributed by atoms with Crippen LogP contribution in [0.2, 0.25) is 0 Å². The lowest BCUT2D eigenvalue weighted by Crippen LogP contribution is -2.46. The predicted octanol–water partition coefficient (Wildman–Crippen LogP) is 3.48. The van der Waals surface area contributed by atoms with E-state index in [4.69, 9.17) is 4.74 Å². The van der Waals surface area contributed by atoms with E-state index in [1.54, 1.807) is 0 Å². The molecule has 1 aromatic carbocycles. The first-order valence-electron chi connectivity index (χ1n) is 8.82. The zero-order valence-electron chi connectivity index (χ0n) is 15.1. The molecule has 1 fully saturated rings. The fourth-order valence-corrected chi connectivity index (χ4v) is 3.12. The average Bonchev–Trinajstić information content (AvgIpc) is 2.56. The van der Waals surface area contributed by atoms with Crippen LogP contribution in [0.4, 0.5) is 0 Å². The Bertz CT molecular complexity index is 516. The summed E-state index contributed by atoms with van der Waals surface area (Å²) in [5.74, 6) is 1.12. The quantitative estimate of drug-likeness (QED) is 0.815. The fraction of sp³-hybridized carbons (Fsp3) is 0.632. The molecule has 0 aromatic heterocycles. The summed E-state index contributed by atoms with van der Waals surface area (Å²) in [6, 6.07) is 6.57. The number of ether oxygens (including phenoxy) is 1. The smallest absolute Gasteiger partial charge is 0.226 e. The Morgan fingerprint density at radius 1 is 1.29 bits per heavy atom. The molecule has 1 amide bonds. The fourth-order valence-electron chi connectivity index (χ4n) is 3.12. The topological polar surface area (TPSA) is 41.6 Å². The third-order valence-electron chi connectivity index (χ3n) is 4.45. The summed E-state index contributed by atoms with van der Waals surface area (Å²) in [4.78, 5) is 14.7. The normalized spacial score (nSPS) is 14.8. The van der Waals surface area contributed by atoms with Crippen LogP contribution in [0.5, 0.6) is 5.75 Å². The molecule has 136 valence electrons. The molecular formula is C19H31ClN2O2. The molecule has 1 aromatic rings. The molecule has 0 aliphatic carbocycles. The van der Waals surface area contributed by atoms with E-state index in [0.717, 1.165) is 50.2 Å². The van der Waals surface area contributed by atoms with Gasteiger partial charge in [0, 0.05) is 12.6 Å². The van der Waals surface area contributed by atoms with E-state index in [9.17, 15) is 4.79 Å². The Hall–Kier alpha value is -1.26. The van der Waals surface area contributed by atoms with Crippen LogP contribution in [0.15, 0.2) is 18.2 Å². The number of halogens is 1. The molecule has 0 bridgehead atoms. The maximum Gasteiger partial charge on any atom is 0.226 e. The molecule has 0 radical (unpaired) electrons. The first-order chi connectivity index (χ1) is 11.1. The number of benzene rings is 1. The van der Waals surface area contributed by atoms with Crippen molar-refractivity contribution in [1.29, 1.82) is 0 Å². The van der Waals surface area contributed by atoms with E-state index < -0.39 is 0 Å². The van der Waals surface area contributed by atoms with Gasteiger partial charge in [-0.2, -0.15) is 0 Å². The van der Waals surface area contributed by atoms with Gasteiger partial charge in [-0.25, -0.2) is 0 Å². The van der Waals surface area contributed by atoms with Crippen molar-refractivity contribution in [2.45, 2.75) is 52.5 Å². The standard InChI is InChI=1S/C19H30N2O2.ClH/c1-4-12-21(17-7-10-20-11-8-17)19(22)9-13-23-18-14-15(2)5-6-16(18)3;/h5-6,14,17,20H,4,7-13H2,1-3H3;1H. The highest BCUT2D eigenvalue weighted by atomic mass is 35.5. The second-order valence-electron chi connectivity index (χ2n) is 6.44. The monoisotopic (exact) mass is 354 g/mol. The number of hydrogen-bond donors (Lipinski definition) is 1. The minimum atomic E-state index is 0. The van der Waals surface area contributed by atoms with Crippen LogP contribution in [0.1, 0.15) is 43.7 Å². The number of nitrogens with zero attached hydrogens (tertiary/aromatic N) is 1. The number of amides is 1. The summed E-state index contributed by atoms with van der Waals surface area (Å²) in [7, 11) is 0. The number of rotatable bonds is 7. The highest BCUT2D eigenvalue weighted by molar-refractivity contribution is 5.85. The van der Waals surface area contributed by atoms with Crippen molar-refractivity contribution < 1.29 is 9.53 Å².